The van der Waals surface area contributed by atoms with Gasteiger partial charge in [-0.15, -0.1) is 0 Å². The molecule has 1 aliphatic carbocycles. The van der Waals surface area contributed by atoms with Crippen molar-refractivity contribution in [3.63, 3.8) is 0 Å². The Morgan fingerprint density at radius 1 is 1.26 bits per heavy atom. The number of hydrogen-bond donors (Lipinski definition) is 2. The average molecular weight is 259 g/mol. The Hall–Kier alpha value is -1.62. The molecule has 19 heavy (non-hydrogen) atoms. The maximum absolute atomic E-state index is 4.56. The number of imidazole rings is 1. The number of aromatic amines is 1. The summed E-state index contributed by atoms with van der Waals surface area (Å²) < 4.78 is 0. The Kier molecular flexibility index (Phi) is 3.38. The minimum atomic E-state index is 0.665. The van der Waals surface area contributed by atoms with Crippen molar-refractivity contribution in [3.8, 4) is 0 Å². The maximum Gasteiger partial charge on any atom is 0.179 e. The fourth-order valence-electron chi connectivity index (χ4n) is 2.64. The second-order valence-electron chi connectivity index (χ2n) is 5.48. The van der Waals surface area contributed by atoms with Crippen LogP contribution in [0.15, 0.2) is 12.1 Å². The number of H-pyrrole nitrogens is 1. The number of nitrogens with zero attached hydrogens (tertiary/aromatic N) is 3. The van der Waals surface area contributed by atoms with E-state index >= 15 is 0 Å². The summed E-state index contributed by atoms with van der Waals surface area (Å²) in [7, 11) is 3.98. The molecule has 2 aromatic heterocycles. The monoisotopic (exact) mass is 259 g/mol. The van der Waals surface area contributed by atoms with Gasteiger partial charge in [-0.25, -0.2) is 9.97 Å². The van der Waals surface area contributed by atoms with Crippen LogP contribution in [0.1, 0.15) is 31.5 Å². The van der Waals surface area contributed by atoms with Gasteiger partial charge in [0.15, 0.2) is 5.65 Å². The average Bonchev–Trinajstić information content (AvgIpc) is 3.04. The molecule has 2 N–H and O–H groups in total. The van der Waals surface area contributed by atoms with Crippen LogP contribution < -0.4 is 10.2 Å². The largest absolute Gasteiger partial charge is 0.363 e. The second-order valence-corrected chi connectivity index (χ2v) is 5.48. The minimum absolute atomic E-state index is 0.665. The van der Waals surface area contributed by atoms with Gasteiger partial charge in [0.05, 0.1) is 12.1 Å². The number of nitrogens with one attached hydrogen (secondary N) is 2. The Bertz CT molecular complexity index is 554. The van der Waals surface area contributed by atoms with Crippen molar-refractivity contribution in [1.29, 1.82) is 0 Å². The highest BCUT2D eigenvalue weighted by Gasteiger charge is 2.14. The van der Waals surface area contributed by atoms with Gasteiger partial charge in [0.1, 0.15) is 11.6 Å². The van der Waals surface area contributed by atoms with Crippen LogP contribution >= 0.6 is 0 Å². The lowest BCUT2D eigenvalue weighted by molar-refractivity contribution is 0.516. The molecule has 0 aromatic carbocycles. The normalized spacial score (nSPS) is 16.3. The standard InChI is InChI=1S/C14H21N5/c1-19(2)13-8-7-11-14(18-13)17-12(16-11)9-15-10-5-3-4-6-10/h7-8,10,15H,3-6,9H2,1-2H3,(H,16,17,18). The summed E-state index contributed by atoms with van der Waals surface area (Å²) >= 11 is 0. The lowest BCUT2D eigenvalue weighted by Crippen LogP contribution is -2.25. The number of fused-ring (bicyclic) bond motifs is 1. The van der Waals surface area contributed by atoms with E-state index < -0.39 is 0 Å². The molecule has 1 saturated carbocycles. The molecule has 0 unspecified atom stereocenters. The molecule has 1 fully saturated rings. The summed E-state index contributed by atoms with van der Waals surface area (Å²) in [4.78, 5) is 14.4. The third-order valence-corrected chi connectivity index (χ3v) is 3.75. The van der Waals surface area contributed by atoms with Crippen LogP contribution in [0.4, 0.5) is 5.82 Å². The molecule has 0 bridgehead atoms. The lowest BCUT2D eigenvalue weighted by atomic mass is 10.2. The van der Waals surface area contributed by atoms with Gasteiger partial charge >= 0.3 is 0 Å². The molecule has 102 valence electrons. The summed E-state index contributed by atoms with van der Waals surface area (Å²) in [6, 6.07) is 4.72. The van der Waals surface area contributed by atoms with Crippen LogP contribution in [0.2, 0.25) is 0 Å². The number of aromatic nitrogens is 3. The summed E-state index contributed by atoms with van der Waals surface area (Å²) in [6.07, 6.45) is 5.30. The third-order valence-electron chi connectivity index (χ3n) is 3.75. The van der Waals surface area contributed by atoms with Gasteiger partial charge in [0.2, 0.25) is 0 Å². The van der Waals surface area contributed by atoms with E-state index in [0.29, 0.717) is 6.04 Å². The van der Waals surface area contributed by atoms with Crippen LogP contribution in [0.3, 0.4) is 0 Å². The smallest absolute Gasteiger partial charge is 0.179 e. The zero-order chi connectivity index (χ0) is 13.2. The molecular formula is C14H21N5. The predicted octanol–water partition coefficient (Wildman–Crippen LogP) is 2.06. The highest BCUT2D eigenvalue weighted by Crippen LogP contribution is 2.18. The van der Waals surface area contributed by atoms with Gasteiger partial charge in [0.25, 0.3) is 0 Å². The quantitative estimate of drug-likeness (QED) is 0.882. The van der Waals surface area contributed by atoms with Crippen LogP contribution in [0.25, 0.3) is 11.2 Å². The Balaban J connectivity index is 1.73. The molecule has 0 spiro atoms. The topological polar surface area (TPSA) is 56.8 Å². The molecule has 0 aliphatic heterocycles. The van der Waals surface area contributed by atoms with E-state index in [1.54, 1.807) is 0 Å². The SMILES string of the molecule is CN(C)c1ccc2[nH]c(CNC3CCCC3)nc2n1. The fraction of sp³-hybridized carbons (Fsp3) is 0.571. The van der Waals surface area contributed by atoms with E-state index in [1.807, 2.05) is 31.1 Å². The van der Waals surface area contributed by atoms with E-state index in [2.05, 4.69) is 20.3 Å². The Morgan fingerprint density at radius 2 is 2.05 bits per heavy atom. The van der Waals surface area contributed by atoms with Crippen molar-refractivity contribution in [2.24, 2.45) is 0 Å². The van der Waals surface area contributed by atoms with Gasteiger partial charge in [-0.05, 0) is 25.0 Å². The van der Waals surface area contributed by atoms with Crippen molar-refractivity contribution < 1.29 is 0 Å². The minimum Gasteiger partial charge on any atom is -0.363 e. The van der Waals surface area contributed by atoms with Gasteiger partial charge in [-0.3, -0.25) is 0 Å². The number of rotatable bonds is 4. The summed E-state index contributed by atoms with van der Waals surface area (Å²) in [6.45, 7) is 0.804. The highest BCUT2D eigenvalue weighted by molar-refractivity contribution is 5.73. The number of hydrogen-bond acceptors (Lipinski definition) is 4. The molecule has 2 aromatic rings. The highest BCUT2D eigenvalue weighted by atomic mass is 15.2. The summed E-state index contributed by atoms with van der Waals surface area (Å²) in [5, 5.41) is 3.56. The maximum atomic E-state index is 4.56. The van der Waals surface area contributed by atoms with E-state index in [9.17, 15) is 0 Å². The zero-order valence-electron chi connectivity index (χ0n) is 11.6. The molecule has 0 saturated heterocycles. The predicted molar refractivity (Wildman–Crippen MR) is 77.3 cm³/mol. The van der Waals surface area contributed by atoms with Gasteiger partial charge in [0, 0.05) is 20.1 Å². The van der Waals surface area contributed by atoms with Crippen LogP contribution in [-0.2, 0) is 6.54 Å². The molecule has 0 radical (unpaired) electrons. The molecule has 1 aliphatic rings. The molecule has 0 amide bonds. The lowest BCUT2D eigenvalue weighted by Gasteiger charge is -2.09. The van der Waals surface area contributed by atoms with Crippen molar-refractivity contribution >= 4 is 17.0 Å². The van der Waals surface area contributed by atoms with Gasteiger partial charge in [-0.1, -0.05) is 12.8 Å². The molecule has 5 heteroatoms. The van der Waals surface area contributed by atoms with Gasteiger partial charge < -0.3 is 15.2 Å². The Morgan fingerprint density at radius 3 is 2.79 bits per heavy atom. The first-order chi connectivity index (χ1) is 9.22. The molecule has 2 heterocycles. The number of pyridine rings is 1. The summed E-state index contributed by atoms with van der Waals surface area (Å²) in [5.74, 6) is 1.92. The molecule has 5 nitrogen and oxygen atoms in total. The van der Waals surface area contributed by atoms with E-state index in [0.717, 1.165) is 29.4 Å². The molecular weight excluding hydrogens is 238 g/mol. The fourth-order valence-corrected chi connectivity index (χ4v) is 2.64. The molecule has 0 atom stereocenters. The van der Waals surface area contributed by atoms with Gasteiger partial charge in [-0.2, -0.15) is 0 Å². The molecule has 3 rings (SSSR count). The van der Waals surface area contributed by atoms with E-state index in [1.165, 1.54) is 25.7 Å². The number of anilines is 1. The first-order valence-electron chi connectivity index (χ1n) is 6.99. The van der Waals surface area contributed by atoms with Crippen LogP contribution in [0, 0.1) is 0 Å². The first-order valence-corrected chi connectivity index (χ1v) is 6.99. The van der Waals surface area contributed by atoms with Crippen molar-refractivity contribution in [3.05, 3.63) is 18.0 Å². The van der Waals surface area contributed by atoms with Crippen LogP contribution in [0.5, 0.6) is 0 Å². The van der Waals surface area contributed by atoms with Crippen molar-refractivity contribution in [2.75, 3.05) is 19.0 Å². The van der Waals surface area contributed by atoms with Crippen molar-refractivity contribution in [2.45, 2.75) is 38.3 Å². The second kappa shape index (κ2) is 5.17. The van der Waals surface area contributed by atoms with Crippen LogP contribution in [-0.4, -0.2) is 35.1 Å². The Labute approximate surface area is 113 Å². The zero-order valence-corrected chi connectivity index (χ0v) is 11.6. The van der Waals surface area contributed by atoms with E-state index in [4.69, 9.17) is 0 Å². The van der Waals surface area contributed by atoms with E-state index in [-0.39, 0.29) is 0 Å². The first kappa shape index (κ1) is 12.4. The summed E-state index contributed by atoms with van der Waals surface area (Å²) in [5.41, 5.74) is 1.81. The van der Waals surface area contributed by atoms with Crippen molar-refractivity contribution in [1.82, 2.24) is 20.3 Å². The third kappa shape index (κ3) is 2.71.